The summed E-state index contributed by atoms with van der Waals surface area (Å²) < 4.78 is 6.04. The molecular weight excluding hydrogens is 256 g/mol. The zero-order valence-electron chi connectivity index (χ0n) is 15.5. The van der Waals surface area contributed by atoms with E-state index < -0.39 is 0 Å². The number of ether oxygens (including phenoxy) is 1. The first kappa shape index (κ1) is 21.0. The summed E-state index contributed by atoms with van der Waals surface area (Å²) in [6, 6.07) is 0. The molecule has 2 atom stereocenters. The zero-order chi connectivity index (χ0) is 15.8. The Morgan fingerprint density at radius 2 is 1.19 bits per heavy atom. The Hall–Kier alpha value is -0.0400. The lowest BCUT2D eigenvalue weighted by Crippen LogP contribution is -2.16. The topological polar surface area (TPSA) is 9.23 Å². The Kier molecular flexibility index (Phi) is 16.3. The van der Waals surface area contributed by atoms with Crippen LogP contribution in [0.15, 0.2) is 0 Å². The lowest BCUT2D eigenvalue weighted by atomic mass is 10.00. The van der Waals surface area contributed by atoms with E-state index in [1.807, 2.05) is 0 Å². The SMILES string of the molecule is CCCCCCCCCCCCOC(CC)CC(C)CC. The van der Waals surface area contributed by atoms with E-state index in [0.717, 1.165) is 12.5 Å². The van der Waals surface area contributed by atoms with Crippen molar-refractivity contribution >= 4 is 0 Å². The zero-order valence-corrected chi connectivity index (χ0v) is 15.5. The molecular formula is C20H42O. The second-order valence-corrected chi connectivity index (χ2v) is 6.83. The minimum Gasteiger partial charge on any atom is -0.378 e. The molecule has 0 rings (SSSR count). The summed E-state index contributed by atoms with van der Waals surface area (Å²) >= 11 is 0. The summed E-state index contributed by atoms with van der Waals surface area (Å²) in [5, 5.41) is 0. The van der Waals surface area contributed by atoms with Crippen molar-refractivity contribution in [3.8, 4) is 0 Å². The van der Waals surface area contributed by atoms with Crippen molar-refractivity contribution in [2.45, 2.75) is 117 Å². The summed E-state index contributed by atoms with van der Waals surface area (Å²) in [5.41, 5.74) is 0. The van der Waals surface area contributed by atoms with Gasteiger partial charge in [-0.1, -0.05) is 91.9 Å². The molecule has 0 saturated heterocycles. The van der Waals surface area contributed by atoms with E-state index in [9.17, 15) is 0 Å². The van der Waals surface area contributed by atoms with Gasteiger partial charge in [-0.25, -0.2) is 0 Å². The summed E-state index contributed by atoms with van der Waals surface area (Å²) in [4.78, 5) is 0. The highest BCUT2D eigenvalue weighted by molar-refractivity contribution is 4.61. The lowest BCUT2D eigenvalue weighted by Gasteiger charge is -2.19. The third kappa shape index (κ3) is 14.7. The largest absolute Gasteiger partial charge is 0.378 e. The van der Waals surface area contributed by atoms with Crippen LogP contribution < -0.4 is 0 Å². The second-order valence-electron chi connectivity index (χ2n) is 6.83. The molecule has 2 unspecified atom stereocenters. The maximum Gasteiger partial charge on any atom is 0.0575 e. The van der Waals surface area contributed by atoms with Crippen molar-refractivity contribution in [2.75, 3.05) is 6.61 Å². The predicted molar refractivity (Wildman–Crippen MR) is 95.9 cm³/mol. The van der Waals surface area contributed by atoms with Gasteiger partial charge in [-0.05, 0) is 25.2 Å². The molecule has 0 aliphatic rings. The highest BCUT2D eigenvalue weighted by Crippen LogP contribution is 2.16. The number of rotatable bonds is 16. The van der Waals surface area contributed by atoms with Gasteiger partial charge in [0.05, 0.1) is 6.10 Å². The molecule has 21 heavy (non-hydrogen) atoms. The molecule has 0 N–H and O–H groups in total. The first-order valence-electron chi connectivity index (χ1n) is 9.86. The van der Waals surface area contributed by atoms with E-state index in [2.05, 4.69) is 27.7 Å². The minimum atomic E-state index is 0.499. The van der Waals surface area contributed by atoms with Crippen LogP contribution in [0.3, 0.4) is 0 Å². The molecule has 0 bridgehead atoms. The molecule has 0 heterocycles. The van der Waals surface area contributed by atoms with E-state index in [4.69, 9.17) is 4.74 Å². The maximum atomic E-state index is 6.04. The molecule has 0 saturated carbocycles. The monoisotopic (exact) mass is 298 g/mol. The molecule has 1 nitrogen and oxygen atoms in total. The molecule has 0 amide bonds. The van der Waals surface area contributed by atoms with Crippen LogP contribution in [0, 0.1) is 5.92 Å². The second kappa shape index (κ2) is 16.3. The molecule has 0 aromatic heterocycles. The average Bonchev–Trinajstić information content (AvgIpc) is 2.51. The molecule has 0 aliphatic carbocycles. The summed E-state index contributed by atoms with van der Waals surface area (Å²) in [6.45, 7) is 10.1. The summed E-state index contributed by atoms with van der Waals surface area (Å²) in [6.07, 6.45) is 18.2. The van der Waals surface area contributed by atoms with Crippen LogP contribution in [0.25, 0.3) is 0 Å². The van der Waals surface area contributed by atoms with E-state index in [1.54, 1.807) is 0 Å². The van der Waals surface area contributed by atoms with Crippen LogP contribution in [0.1, 0.15) is 111 Å². The molecule has 0 radical (unpaired) electrons. The Bertz CT molecular complexity index is 190. The van der Waals surface area contributed by atoms with Gasteiger partial charge in [-0.2, -0.15) is 0 Å². The van der Waals surface area contributed by atoms with Gasteiger partial charge in [-0.15, -0.1) is 0 Å². The highest BCUT2D eigenvalue weighted by atomic mass is 16.5. The lowest BCUT2D eigenvalue weighted by molar-refractivity contribution is 0.0325. The third-order valence-electron chi connectivity index (χ3n) is 4.67. The molecule has 0 aromatic rings. The fourth-order valence-corrected chi connectivity index (χ4v) is 2.81. The molecule has 0 aliphatic heterocycles. The smallest absolute Gasteiger partial charge is 0.0575 e. The van der Waals surface area contributed by atoms with Gasteiger partial charge in [0.1, 0.15) is 0 Å². The fraction of sp³-hybridized carbons (Fsp3) is 1.00. The maximum absolute atomic E-state index is 6.04. The Morgan fingerprint density at radius 1 is 0.667 bits per heavy atom. The Morgan fingerprint density at radius 3 is 1.67 bits per heavy atom. The van der Waals surface area contributed by atoms with Gasteiger partial charge >= 0.3 is 0 Å². The average molecular weight is 299 g/mol. The van der Waals surface area contributed by atoms with Gasteiger partial charge < -0.3 is 4.74 Å². The van der Waals surface area contributed by atoms with Gasteiger partial charge in [0.2, 0.25) is 0 Å². The van der Waals surface area contributed by atoms with Crippen molar-refractivity contribution in [2.24, 2.45) is 5.92 Å². The number of hydrogen-bond acceptors (Lipinski definition) is 1. The van der Waals surface area contributed by atoms with Crippen LogP contribution in [0.2, 0.25) is 0 Å². The molecule has 0 aromatic carbocycles. The van der Waals surface area contributed by atoms with Gasteiger partial charge in [0, 0.05) is 6.61 Å². The predicted octanol–water partition coefficient (Wildman–Crippen LogP) is 7.14. The van der Waals surface area contributed by atoms with E-state index in [1.165, 1.54) is 83.5 Å². The van der Waals surface area contributed by atoms with Crippen LogP contribution in [0.5, 0.6) is 0 Å². The molecule has 128 valence electrons. The van der Waals surface area contributed by atoms with Gasteiger partial charge in [-0.3, -0.25) is 0 Å². The highest BCUT2D eigenvalue weighted by Gasteiger charge is 2.10. The van der Waals surface area contributed by atoms with Crippen molar-refractivity contribution in [3.05, 3.63) is 0 Å². The molecule has 0 spiro atoms. The quantitative estimate of drug-likeness (QED) is 0.275. The Balaban J connectivity index is 3.26. The van der Waals surface area contributed by atoms with Crippen LogP contribution in [-0.2, 0) is 4.74 Å². The van der Waals surface area contributed by atoms with Crippen molar-refractivity contribution in [1.82, 2.24) is 0 Å². The van der Waals surface area contributed by atoms with E-state index in [0.29, 0.717) is 6.10 Å². The number of unbranched alkanes of at least 4 members (excludes halogenated alkanes) is 9. The van der Waals surface area contributed by atoms with Gasteiger partial charge in [0.25, 0.3) is 0 Å². The van der Waals surface area contributed by atoms with Crippen molar-refractivity contribution in [1.29, 1.82) is 0 Å². The summed E-state index contributed by atoms with van der Waals surface area (Å²) in [5.74, 6) is 0.808. The van der Waals surface area contributed by atoms with Crippen LogP contribution in [0.4, 0.5) is 0 Å². The van der Waals surface area contributed by atoms with Crippen LogP contribution in [-0.4, -0.2) is 12.7 Å². The van der Waals surface area contributed by atoms with Gasteiger partial charge in [0.15, 0.2) is 0 Å². The van der Waals surface area contributed by atoms with Crippen molar-refractivity contribution < 1.29 is 4.74 Å². The summed E-state index contributed by atoms with van der Waals surface area (Å²) in [7, 11) is 0. The van der Waals surface area contributed by atoms with Crippen molar-refractivity contribution in [3.63, 3.8) is 0 Å². The van der Waals surface area contributed by atoms with E-state index in [-0.39, 0.29) is 0 Å². The Labute approximate surface area is 135 Å². The van der Waals surface area contributed by atoms with Crippen LogP contribution >= 0.6 is 0 Å². The minimum absolute atomic E-state index is 0.499. The fourth-order valence-electron chi connectivity index (χ4n) is 2.81. The number of hydrogen-bond donors (Lipinski definition) is 0. The van der Waals surface area contributed by atoms with E-state index >= 15 is 0 Å². The normalized spacial score (nSPS) is 14.3. The first-order valence-corrected chi connectivity index (χ1v) is 9.86. The first-order chi connectivity index (χ1) is 10.2. The molecule has 0 fully saturated rings. The standard InChI is InChI=1S/C20H42O/c1-5-8-9-10-11-12-13-14-15-16-17-21-20(7-3)18-19(4)6-2/h19-20H,5-18H2,1-4H3. The third-order valence-corrected chi connectivity index (χ3v) is 4.67. The molecule has 1 heteroatoms.